The van der Waals surface area contributed by atoms with E-state index in [1.807, 2.05) is 56.3 Å². The number of piperidine rings is 1. The van der Waals surface area contributed by atoms with Crippen LogP contribution in [0.5, 0.6) is 5.75 Å². The topological polar surface area (TPSA) is 67.4 Å². The molecular formula is C24H26N2O3. The van der Waals surface area contributed by atoms with Crippen molar-refractivity contribution >= 4 is 17.5 Å². The van der Waals surface area contributed by atoms with Gasteiger partial charge in [0.05, 0.1) is 0 Å². The SMILES string of the molecule is Cc1ccc(C)c(NC(=O)[C@H]2C(=O)N[C@]34CCCC[C@H]3[C@H]2c2ccccc2O4)c1. The number of rotatable bonds is 2. The molecule has 5 rings (SSSR count). The lowest BCUT2D eigenvalue weighted by Gasteiger charge is -2.56. The van der Waals surface area contributed by atoms with Gasteiger partial charge in [-0.1, -0.05) is 36.8 Å². The minimum Gasteiger partial charge on any atom is -0.467 e. The van der Waals surface area contributed by atoms with Crippen molar-refractivity contribution in [1.29, 1.82) is 0 Å². The number of hydrogen-bond donors (Lipinski definition) is 2. The van der Waals surface area contributed by atoms with Gasteiger partial charge in [0.25, 0.3) is 0 Å². The van der Waals surface area contributed by atoms with Crippen LogP contribution in [-0.4, -0.2) is 17.5 Å². The van der Waals surface area contributed by atoms with Crippen LogP contribution < -0.4 is 15.4 Å². The van der Waals surface area contributed by atoms with Gasteiger partial charge in [-0.15, -0.1) is 0 Å². The van der Waals surface area contributed by atoms with Crippen LogP contribution in [0.25, 0.3) is 0 Å². The Morgan fingerprint density at radius 2 is 2.00 bits per heavy atom. The highest BCUT2D eigenvalue weighted by molar-refractivity contribution is 6.08. The van der Waals surface area contributed by atoms with Crippen molar-refractivity contribution in [3.05, 3.63) is 59.2 Å². The summed E-state index contributed by atoms with van der Waals surface area (Å²) in [6.07, 6.45) is 3.85. The Labute approximate surface area is 170 Å². The van der Waals surface area contributed by atoms with E-state index in [2.05, 4.69) is 10.6 Å². The smallest absolute Gasteiger partial charge is 0.237 e. The Hall–Kier alpha value is -2.82. The summed E-state index contributed by atoms with van der Waals surface area (Å²) >= 11 is 0. The molecule has 5 heteroatoms. The molecule has 4 atom stereocenters. The van der Waals surface area contributed by atoms with Gasteiger partial charge in [0.15, 0.2) is 5.72 Å². The molecule has 1 saturated carbocycles. The Morgan fingerprint density at radius 1 is 1.17 bits per heavy atom. The molecule has 5 nitrogen and oxygen atoms in total. The molecule has 2 aromatic rings. The number of amides is 2. The van der Waals surface area contributed by atoms with E-state index in [0.29, 0.717) is 0 Å². The zero-order valence-electron chi connectivity index (χ0n) is 16.8. The van der Waals surface area contributed by atoms with Crippen LogP contribution in [-0.2, 0) is 9.59 Å². The fourth-order valence-corrected chi connectivity index (χ4v) is 5.43. The maximum atomic E-state index is 13.4. The van der Waals surface area contributed by atoms with E-state index in [-0.39, 0.29) is 23.7 Å². The first kappa shape index (κ1) is 18.2. The highest BCUT2D eigenvalue weighted by atomic mass is 16.5. The van der Waals surface area contributed by atoms with Gasteiger partial charge >= 0.3 is 0 Å². The second-order valence-electron chi connectivity index (χ2n) is 8.68. The van der Waals surface area contributed by atoms with E-state index < -0.39 is 11.6 Å². The minimum absolute atomic E-state index is 0.109. The van der Waals surface area contributed by atoms with E-state index in [0.717, 1.165) is 53.8 Å². The second kappa shape index (κ2) is 6.61. The first-order valence-corrected chi connectivity index (χ1v) is 10.5. The van der Waals surface area contributed by atoms with Crippen LogP contribution in [0, 0.1) is 25.7 Å². The molecule has 0 spiro atoms. The van der Waals surface area contributed by atoms with Crippen molar-refractivity contribution in [3.8, 4) is 5.75 Å². The van der Waals surface area contributed by atoms with Crippen molar-refractivity contribution < 1.29 is 14.3 Å². The van der Waals surface area contributed by atoms with Crippen LogP contribution in [0.4, 0.5) is 5.69 Å². The van der Waals surface area contributed by atoms with E-state index in [4.69, 9.17) is 4.74 Å². The molecule has 2 heterocycles. The fraction of sp³-hybridized carbons (Fsp3) is 0.417. The summed E-state index contributed by atoms with van der Waals surface area (Å²) in [6.45, 7) is 3.96. The van der Waals surface area contributed by atoms with Crippen LogP contribution in [0.15, 0.2) is 42.5 Å². The predicted molar refractivity (Wildman–Crippen MR) is 111 cm³/mol. The van der Waals surface area contributed by atoms with Gasteiger partial charge in [-0.3, -0.25) is 9.59 Å². The average Bonchev–Trinajstić information content (AvgIpc) is 2.69. The van der Waals surface area contributed by atoms with Crippen LogP contribution in [0.3, 0.4) is 0 Å². The molecule has 29 heavy (non-hydrogen) atoms. The molecule has 2 N–H and O–H groups in total. The lowest BCUT2D eigenvalue weighted by molar-refractivity contribution is -0.160. The summed E-state index contributed by atoms with van der Waals surface area (Å²) in [5, 5.41) is 6.16. The number of fused-ring (bicyclic) bond motifs is 2. The van der Waals surface area contributed by atoms with Crippen molar-refractivity contribution in [2.24, 2.45) is 11.8 Å². The molecule has 0 aromatic heterocycles. The lowest BCUT2D eigenvalue weighted by Crippen LogP contribution is -2.69. The van der Waals surface area contributed by atoms with Crippen LogP contribution in [0.1, 0.15) is 48.3 Å². The van der Waals surface area contributed by atoms with Gasteiger partial charge in [0.2, 0.25) is 11.8 Å². The molecule has 2 bridgehead atoms. The molecule has 150 valence electrons. The Kier molecular flexibility index (Phi) is 4.16. The van der Waals surface area contributed by atoms with Crippen LogP contribution in [0.2, 0.25) is 0 Å². The maximum absolute atomic E-state index is 13.4. The number of carbonyl (C=O) groups excluding carboxylic acids is 2. The molecular weight excluding hydrogens is 364 g/mol. The van der Waals surface area contributed by atoms with Crippen molar-refractivity contribution in [1.82, 2.24) is 5.32 Å². The summed E-state index contributed by atoms with van der Waals surface area (Å²) in [5.41, 5.74) is 3.13. The molecule has 0 unspecified atom stereocenters. The third-order valence-corrected chi connectivity index (χ3v) is 6.83. The van der Waals surface area contributed by atoms with E-state index in [1.54, 1.807) is 0 Å². The van der Waals surface area contributed by atoms with Crippen molar-refractivity contribution in [2.45, 2.75) is 51.2 Å². The first-order chi connectivity index (χ1) is 14.0. The number of para-hydroxylation sites is 1. The fourth-order valence-electron chi connectivity index (χ4n) is 5.43. The summed E-state index contributed by atoms with van der Waals surface area (Å²) < 4.78 is 6.38. The number of nitrogens with one attached hydrogen (secondary N) is 2. The number of carbonyl (C=O) groups is 2. The van der Waals surface area contributed by atoms with Gasteiger partial charge in [0.1, 0.15) is 11.7 Å². The van der Waals surface area contributed by atoms with E-state index in [9.17, 15) is 9.59 Å². The molecule has 3 aliphatic rings. The van der Waals surface area contributed by atoms with Crippen molar-refractivity contribution in [3.63, 3.8) is 0 Å². The predicted octanol–water partition coefficient (Wildman–Crippen LogP) is 4.05. The molecule has 0 radical (unpaired) electrons. The molecule has 2 aromatic carbocycles. The van der Waals surface area contributed by atoms with Gasteiger partial charge in [-0.25, -0.2) is 0 Å². The Morgan fingerprint density at radius 3 is 2.86 bits per heavy atom. The largest absolute Gasteiger partial charge is 0.467 e. The van der Waals surface area contributed by atoms with Crippen molar-refractivity contribution in [2.75, 3.05) is 5.32 Å². The Balaban J connectivity index is 1.56. The maximum Gasteiger partial charge on any atom is 0.237 e. The van der Waals surface area contributed by atoms with Crippen LogP contribution >= 0.6 is 0 Å². The van der Waals surface area contributed by atoms with E-state index >= 15 is 0 Å². The summed E-state index contributed by atoms with van der Waals surface area (Å²) in [5.74, 6) is -0.503. The number of benzene rings is 2. The van der Waals surface area contributed by atoms with Gasteiger partial charge in [0, 0.05) is 23.9 Å². The standard InChI is InChI=1S/C24H26N2O3/c1-14-10-11-15(2)18(13-14)25-22(27)21-20-16-7-3-4-9-19(16)29-24(26-23(21)28)12-6-5-8-17(20)24/h3-4,7,9-11,13,17,20-21H,5-6,8,12H2,1-2H3,(H,25,27)(H,26,28)/t17-,20+,21-,24-/m0/s1. The molecule has 2 aliphatic heterocycles. The zero-order chi connectivity index (χ0) is 20.2. The third-order valence-electron chi connectivity index (χ3n) is 6.83. The monoisotopic (exact) mass is 390 g/mol. The Bertz CT molecular complexity index is 1000. The number of anilines is 1. The van der Waals surface area contributed by atoms with Gasteiger partial charge in [-0.2, -0.15) is 0 Å². The van der Waals surface area contributed by atoms with Gasteiger partial charge < -0.3 is 15.4 Å². The average molecular weight is 390 g/mol. The normalized spacial score (nSPS) is 29.7. The molecule has 2 amide bonds. The third kappa shape index (κ3) is 2.83. The summed E-state index contributed by atoms with van der Waals surface area (Å²) in [4.78, 5) is 26.6. The number of hydrogen-bond acceptors (Lipinski definition) is 3. The zero-order valence-corrected chi connectivity index (χ0v) is 16.8. The van der Waals surface area contributed by atoms with Gasteiger partial charge in [-0.05, 0) is 55.5 Å². The number of aryl methyl sites for hydroxylation is 2. The highest BCUT2D eigenvalue weighted by Crippen LogP contribution is 2.55. The minimum atomic E-state index is -0.767. The molecule has 1 aliphatic carbocycles. The second-order valence-corrected chi connectivity index (χ2v) is 8.68. The summed E-state index contributed by atoms with van der Waals surface area (Å²) in [6, 6.07) is 13.8. The number of ether oxygens (including phenoxy) is 1. The quantitative estimate of drug-likeness (QED) is 0.760. The highest BCUT2D eigenvalue weighted by Gasteiger charge is 2.60. The summed E-state index contributed by atoms with van der Waals surface area (Å²) in [7, 11) is 0. The lowest BCUT2D eigenvalue weighted by atomic mass is 9.62. The molecule has 2 fully saturated rings. The van der Waals surface area contributed by atoms with E-state index in [1.165, 1.54) is 0 Å². The molecule has 1 saturated heterocycles. The first-order valence-electron chi connectivity index (χ1n) is 10.5.